The van der Waals surface area contributed by atoms with Crippen molar-refractivity contribution >= 4 is 26.9 Å². The zero-order valence-electron chi connectivity index (χ0n) is 12.0. The summed E-state index contributed by atoms with van der Waals surface area (Å²) in [6, 6.07) is 7.68. The molecule has 0 spiro atoms. The zero-order chi connectivity index (χ0) is 15.2. The van der Waals surface area contributed by atoms with Gasteiger partial charge in [-0.1, -0.05) is 39.0 Å². The smallest absolute Gasteiger partial charge is 0.265 e. The third-order valence-corrected chi connectivity index (χ3v) is 4.04. The summed E-state index contributed by atoms with van der Waals surface area (Å²) in [4.78, 5) is 19.6. The van der Waals surface area contributed by atoms with Crippen molar-refractivity contribution in [3.63, 3.8) is 0 Å². The second-order valence-corrected chi connectivity index (χ2v) is 6.77. The van der Waals surface area contributed by atoms with Gasteiger partial charge in [0, 0.05) is 10.8 Å². The second-order valence-electron chi connectivity index (χ2n) is 5.97. The van der Waals surface area contributed by atoms with Crippen LogP contribution in [0.3, 0.4) is 0 Å². The van der Waals surface area contributed by atoms with Crippen LogP contribution in [0.15, 0.2) is 44.2 Å². The molecule has 3 aromatic rings. The number of hydrogen-bond donors (Lipinski definition) is 1. The lowest BCUT2D eigenvalue weighted by Gasteiger charge is -2.19. The monoisotopic (exact) mass is 346 g/mol. The van der Waals surface area contributed by atoms with Crippen LogP contribution in [0.25, 0.3) is 22.4 Å². The molecule has 0 bridgehead atoms. The summed E-state index contributed by atoms with van der Waals surface area (Å²) in [7, 11) is 0. The molecule has 0 saturated carbocycles. The Bertz CT molecular complexity index is 872. The molecular weight excluding hydrogens is 332 g/mol. The first-order chi connectivity index (χ1) is 9.88. The summed E-state index contributed by atoms with van der Waals surface area (Å²) in [5.41, 5.74) is 1.87. The van der Waals surface area contributed by atoms with Crippen LogP contribution < -0.4 is 5.56 Å². The summed E-state index contributed by atoms with van der Waals surface area (Å²) < 4.78 is 6.00. The van der Waals surface area contributed by atoms with Gasteiger partial charge in [0.25, 0.3) is 5.56 Å². The van der Waals surface area contributed by atoms with Gasteiger partial charge >= 0.3 is 0 Å². The van der Waals surface area contributed by atoms with E-state index in [9.17, 15) is 4.79 Å². The molecule has 0 aliphatic heterocycles. The summed E-state index contributed by atoms with van der Waals surface area (Å²) in [5, 5.41) is 0.933. The van der Waals surface area contributed by atoms with Crippen molar-refractivity contribution in [2.24, 2.45) is 0 Å². The fourth-order valence-electron chi connectivity index (χ4n) is 2.24. The van der Waals surface area contributed by atoms with Crippen LogP contribution in [0, 0.1) is 0 Å². The zero-order valence-corrected chi connectivity index (χ0v) is 13.6. The highest BCUT2D eigenvalue weighted by Crippen LogP contribution is 2.31. The number of aromatic nitrogens is 2. The maximum atomic E-state index is 12.2. The molecule has 2 aromatic heterocycles. The van der Waals surface area contributed by atoms with Gasteiger partial charge in [0.2, 0.25) is 0 Å². The normalized spacial score (nSPS) is 12.0. The van der Waals surface area contributed by atoms with Crippen LogP contribution >= 0.6 is 15.9 Å². The van der Waals surface area contributed by atoms with Gasteiger partial charge < -0.3 is 9.40 Å². The summed E-state index contributed by atoms with van der Waals surface area (Å²) in [6.45, 7) is 6.07. The van der Waals surface area contributed by atoms with Gasteiger partial charge in [-0.2, -0.15) is 0 Å². The van der Waals surface area contributed by atoms with Gasteiger partial charge in [0.1, 0.15) is 22.1 Å². The Balaban J connectivity index is 2.29. The average molecular weight is 347 g/mol. The molecule has 0 fully saturated rings. The molecule has 0 aliphatic rings. The minimum absolute atomic E-state index is 0.185. The van der Waals surface area contributed by atoms with Crippen molar-refractivity contribution in [1.29, 1.82) is 0 Å². The van der Waals surface area contributed by atoms with Crippen molar-refractivity contribution in [2.75, 3.05) is 0 Å². The Labute approximate surface area is 130 Å². The van der Waals surface area contributed by atoms with E-state index in [0.717, 1.165) is 22.2 Å². The molecule has 1 aromatic carbocycles. The predicted octanol–water partition coefficient (Wildman–Crippen LogP) is 4.24. The molecule has 0 amide bonds. The SMILES string of the molecule is CC(C)(C)c1nc(-c2coc3ccccc23)[nH]c(=O)c1Br. The van der Waals surface area contributed by atoms with E-state index in [0.29, 0.717) is 10.3 Å². The highest BCUT2D eigenvalue weighted by Gasteiger charge is 2.23. The van der Waals surface area contributed by atoms with Crippen molar-refractivity contribution in [3.05, 3.63) is 51.0 Å². The molecule has 5 heteroatoms. The third kappa shape index (κ3) is 2.42. The molecule has 3 rings (SSSR count). The van der Waals surface area contributed by atoms with E-state index in [4.69, 9.17) is 4.42 Å². The Kier molecular flexibility index (Phi) is 3.24. The van der Waals surface area contributed by atoms with Crippen molar-refractivity contribution in [1.82, 2.24) is 9.97 Å². The second kappa shape index (κ2) is 4.84. The van der Waals surface area contributed by atoms with Gasteiger partial charge in [-0.25, -0.2) is 4.98 Å². The molecule has 0 aliphatic carbocycles. The third-order valence-electron chi connectivity index (χ3n) is 3.31. The van der Waals surface area contributed by atoms with E-state index < -0.39 is 0 Å². The highest BCUT2D eigenvalue weighted by atomic mass is 79.9. The van der Waals surface area contributed by atoms with Crippen molar-refractivity contribution < 1.29 is 4.42 Å². The molecular formula is C16H15BrN2O2. The number of benzene rings is 1. The van der Waals surface area contributed by atoms with Crippen molar-refractivity contribution in [3.8, 4) is 11.4 Å². The topological polar surface area (TPSA) is 58.9 Å². The number of nitrogens with zero attached hydrogens (tertiary/aromatic N) is 1. The van der Waals surface area contributed by atoms with Crippen LogP contribution in [-0.2, 0) is 5.41 Å². The first-order valence-corrected chi connectivity index (χ1v) is 7.44. The van der Waals surface area contributed by atoms with Crippen LogP contribution in [-0.4, -0.2) is 9.97 Å². The Morgan fingerprint density at radius 3 is 2.67 bits per heavy atom. The molecule has 2 heterocycles. The van der Waals surface area contributed by atoms with Gasteiger partial charge in [-0.3, -0.25) is 4.79 Å². The number of hydrogen-bond acceptors (Lipinski definition) is 3. The predicted molar refractivity (Wildman–Crippen MR) is 86.5 cm³/mol. The summed E-state index contributed by atoms with van der Waals surface area (Å²) in [6.07, 6.45) is 1.63. The minimum Gasteiger partial charge on any atom is -0.464 e. The number of H-pyrrole nitrogens is 1. The number of nitrogens with one attached hydrogen (secondary N) is 1. The first-order valence-electron chi connectivity index (χ1n) is 6.65. The molecule has 0 atom stereocenters. The number of halogens is 1. The van der Waals surface area contributed by atoms with Crippen molar-refractivity contribution in [2.45, 2.75) is 26.2 Å². The number of furan rings is 1. The van der Waals surface area contributed by atoms with Gasteiger partial charge in [0.15, 0.2) is 0 Å². The molecule has 4 nitrogen and oxygen atoms in total. The number of fused-ring (bicyclic) bond motifs is 1. The molecule has 1 N–H and O–H groups in total. The van der Waals surface area contributed by atoms with E-state index in [-0.39, 0.29) is 11.0 Å². The van der Waals surface area contributed by atoms with E-state index >= 15 is 0 Å². The maximum absolute atomic E-state index is 12.2. The minimum atomic E-state index is -0.235. The molecule has 108 valence electrons. The Hall–Kier alpha value is -1.88. The Morgan fingerprint density at radius 1 is 1.24 bits per heavy atom. The van der Waals surface area contributed by atoms with Crippen LogP contribution in [0.1, 0.15) is 26.5 Å². The van der Waals surface area contributed by atoms with E-state index in [1.807, 2.05) is 45.0 Å². The molecule has 21 heavy (non-hydrogen) atoms. The van der Waals surface area contributed by atoms with E-state index in [1.165, 1.54) is 0 Å². The number of rotatable bonds is 1. The van der Waals surface area contributed by atoms with Crippen LogP contribution in [0.5, 0.6) is 0 Å². The summed E-state index contributed by atoms with van der Waals surface area (Å²) >= 11 is 3.33. The first kappa shape index (κ1) is 14.1. The van der Waals surface area contributed by atoms with Crippen LogP contribution in [0.4, 0.5) is 0 Å². The lowest BCUT2D eigenvalue weighted by atomic mass is 9.92. The van der Waals surface area contributed by atoms with E-state index in [2.05, 4.69) is 25.9 Å². The summed E-state index contributed by atoms with van der Waals surface area (Å²) in [5.74, 6) is 0.526. The fourth-order valence-corrected chi connectivity index (χ4v) is 3.03. The largest absolute Gasteiger partial charge is 0.464 e. The van der Waals surface area contributed by atoms with Gasteiger partial charge in [0.05, 0.1) is 11.3 Å². The highest BCUT2D eigenvalue weighted by molar-refractivity contribution is 9.10. The van der Waals surface area contributed by atoms with Gasteiger partial charge in [-0.05, 0) is 22.0 Å². The lowest BCUT2D eigenvalue weighted by Crippen LogP contribution is -2.22. The fraction of sp³-hybridized carbons (Fsp3) is 0.250. The number of para-hydroxylation sites is 1. The Morgan fingerprint density at radius 2 is 1.95 bits per heavy atom. The molecule has 0 unspecified atom stereocenters. The lowest BCUT2D eigenvalue weighted by molar-refractivity contribution is 0.562. The quantitative estimate of drug-likeness (QED) is 0.716. The maximum Gasteiger partial charge on any atom is 0.265 e. The molecule has 0 saturated heterocycles. The number of aromatic amines is 1. The molecule has 0 radical (unpaired) electrons. The average Bonchev–Trinajstić information content (AvgIpc) is 2.84. The van der Waals surface area contributed by atoms with E-state index in [1.54, 1.807) is 6.26 Å². The van der Waals surface area contributed by atoms with Crippen LogP contribution in [0.2, 0.25) is 0 Å². The standard InChI is InChI=1S/C16H15BrN2O2/c1-16(2,3)13-12(17)15(20)19-14(18-13)10-8-21-11-7-5-4-6-9(10)11/h4-8H,1-3H3,(H,18,19,20). The van der Waals surface area contributed by atoms with Gasteiger partial charge in [-0.15, -0.1) is 0 Å².